The summed E-state index contributed by atoms with van der Waals surface area (Å²) in [4.78, 5) is 2.39. The van der Waals surface area contributed by atoms with E-state index in [1.807, 2.05) is 0 Å². The van der Waals surface area contributed by atoms with Crippen LogP contribution in [0.2, 0.25) is 0 Å². The van der Waals surface area contributed by atoms with Crippen molar-refractivity contribution in [2.75, 3.05) is 14.1 Å². The van der Waals surface area contributed by atoms with Crippen LogP contribution in [0.25, 0.3) is 10.9 Å². The van der Waals surface area contributed by atoms with Gasteiger partial charge in [0.25, 0.3) is 0 Å². The lowest BCUT2D eigenvalue weighted by Crippen LogP contribution is -2.34. The Labute approximate surface area is 103 Å². The molecule has 0 saturated heterocycles. The number of nitrogens with zero attached hydrogens (tertiary/aromatic N) is 2. The summed E-state index contributed by atoms with van der Waals surface area (Å²) in [7, 11) is 4.40. The number of benzene rings is 1. The number of aryl methyl sites for hydroxylation is 1. The quantitative estimate of drug-likeness (QED) is 0.784. The molecule has 90 valence electrons. The van der Waals surface area contributed by atoms with E-state index >= 15 is 0 Å². The van der Waals surface area contributed by atoms with E-state index in [-0.39, 0.29) is 0 Å². The van der Waals surface area contributed by atoms with E-state index in [4.69, 9.17) is 0 Å². The van der Waals surface area contributed by atoms with Gasteiger partial charge in [0.15, 0.2) is 0 Å². The van der Waals surface area contributed by atoms with Gasteiger partial charge in [-0.15, -0.1) is 0 Å². The first-order chi connectivity index (χ1) is 8.12. The molecule has 1 saturated carbocycles. The molecule has 1 aliphatic carbocycles. The lowest BCUT2D eigenvalue weighted by molar-refractivity contribution is 0.244. The minimum Gasteiger partial charge on any atom is -0.345 e. The molecule has 0 spiro atoms. The molecule has 0 N–H and O–H groups in total. The molecule has 0 amide bonds. The molecule has 3 rings (SSSR count). The van der Waals surface area contributed by atoms with Crippen molar-refractivity contribution in [2.24, 2.45) is 0 Å². The second-order valence-corrected chi connectivity index (χ2v) is 5.58. The smallest absolute Gasteiger partial charge is 0.0510 e. The average Bonchev–Trinajstić information content (AvgIpc) is 2.95. The Bertz CT molecular complexity index is 547. The fourth-order valence-electron chi connectivity index (χ4n) is 2.79. The number of hydrogen-bond acceptors (Lipinski definition) is 1. The summed E-state index contributed by atoms with van der Waals surface area (Å²) >= 11 is 0. The van der Waals surface area contributed by atoms with Crippen molar-refractivity contribution >= 4 is 10.9 Å². The predicted octanol–water partition coefficient (Wildman–Crippen LogP) is 3.04. The van der Waals surface area contributed by atoms with Gasteiger partial charge < -0.3 is 9.47 Å². The van der Waals surface area contributed by atoms with E-state index in [1.54, 1.807) is 0 Å². The maximum atomic E-state index is 2.43. The van der Waals surface area contributed by atoms with Gasteiger partial charge in [-0.3, -0.25) is 0 Å². The van der Waals surface area contributed by atoms with E-state index in [1.165, 1.54) is 29.3 Å². The molecule has 1 aliphatic rings. The summed E-state index contributed by atoms with van der Waals surface area (Å²) in [5.74, 6) is 0. The second-order valence-electron chi connectivity index (χ2n) is 5.58. The van der Waals surface area contributed by atoms with E-state index in [0.29, 0.717) is 5.54 Å². The minimum absolute atomic E-state index is 0.411. The average molecular weight is 228 g/mol. The Hall–Kier alpha value is -1.28. The zero-order valence-corrected chi connectivity index (χ0v) is 10.9. The summed E-state index contributed by atoms with van der Waals surface area (Å²) in [5, 5.41) is 1.36. The van der Waals surface area contributed by atoms with Gasteiger partial charge in [0.2, 0.25) is 0 Å². The largest absolute Gasteiger partial charge is 0.345 e. The molecular formula is C15H20N2. The van der Waals surface area contributed by atoms with Gasteiger partial charge in [-0.2, -0.15) is 0 Å². The second kappa shape index (κ2) is 3.61. The normalized spacial score (nSPS) is 17.9. The summed E-state index contributed by atoms with van der Waals surface area (Å²) < 4.78 is 2.43. The third-order valence-electron chi connectivity index (χ3n) is 4.23. The van der Waals surface area contributed by atoms with Crippen molar-refractivity contribution in [1.29, 1.82) is 0 Å². The maximum absolute atomic E-state index is 2.43. The highest BCUT2D eigenvalue weighted by Gasteiger charge is 2.45. The number of fused-ring (bicyclic) bond motifs is 1. The predicted molar refractivity (Wildman–Crippen MR) is 72.3 cm³/mol. The minimum atomic E-state index is 0.411. The van der Waals surface area contributed by atoms with E-state index in [2.05, 4.69) is 60.9 Å². The summed E-state index contributed by atoms with van der Waals surface area (Å²) in [6, 6.07) is 8.77. The number of likely N-dealkylation sites (N-methyl/N-ethyl adjacent to an activating group) is 1. The van der Waals surface area contributed by atoms with Crippen LogP contribution in [0.5, 0.6) is 0 Å². The van der Waals surface area contributed by atoms with Gasteiger partial charge >= 0.3 is 0 Å². The molecular weight excluding hydrogens is 208 g/mol. The van der Waals surface area contributed by atoms with Gasteiger partial charge in [-0.1, -0.05) is 18.2 Å². The highest BCUT2D eigenvalue weighted by atomic mass is 15.2. The van der Waals surface area contributed by atoms with Crippen LogP contribution < -0.4 is 0 Å². The van der Waals surface area contributed by atoms with Gasteiger partial charge in [0, 0.05) is 18.3 Å². The monoisotopic (exact) mass is 228 g/mol. The number of aromatic nitrogens is 1. The van der Waals surface area contributed by atoms with Crippen LogP contribution in [0, 0.1) is 6.92 Å². The highest BCUT2D eigenvalue weighted by Crippen LogP contribution is 2.42. The van der Waals surface area contributed by atoms with Crippen LogP contribution in [-0.2, 0) is 6.54 Å². The van der Waals surface area contributed by atoms with Crippen molar-refractivity contribution in [3.63, 3.8) is 0 Å². The van der Waals surface area contributed by atoms with E-state index in [9.17, 15) is 0 Å². The topological polar surface area (TPSA) is 8.17 Å². The Morgan fingerprint density at radius 1 is 1.24 bits per heavy atom. The van der Waals surface area contributed by atoms with E-state index < -0.39 is 0 Å². The third-order valence-corrected chi connectivity index (χ3v) is 4.23. The summed E-state index contributed by atoms with van der Waals surface area (Å²) in [6.07, 6.45) is 4.89. The fraction of sp³-hybridized carbons (Fsp3) is 0.467. The Kier molecular flexibility index (Phi) is 2.30. The maximum Gasteiger partial charge on any atom is 0.0510 e. The van der Waals surface area contributed by atoms with E-state index in [0.717, 1.165) is 6.54 Å². The first kappa shape index (κ1) is 10.8. The fourth-order valence-corrected chi connectivity index (χ4v) is 2.79. The Balaban J connectivity index is 2.02. The van der Waals surface area contributed by atoms with Crippen molar-refractivity contribution in [3.05, 3.63) is 36.0 Å². The molecule has 1 heterocycles. The first-order valence-electron chi connectivity index (χ1n) is 6.34. The molecule has 1 aromatic carbocycles. The molecule has 2 nitrogen and oxygen atoms in total. The van der Waals surface area contributed by atoms with Crippen molar-refractivity contribution in [3.8, 4) is 0 Å². The molecule has 0 aliphatic heterocycles. The zero-order valence-electron chi connectivity index (χ0n) is 10.9. The Morgan fingerprint density at radius 2 is 2.00 bits per heavy atom. The molecule has 1 fully saturated rings. The van der Waals surface area contributed by atoms with Gasteiger partial charge in [-0.05, 0) is 50.9 Å². The lowest BCUT2D eigenvalue weighted by Gasteiger charge is -2.25. The van der Waals surface area contributed by atoms with Crippen molar-refractivity contribution in [2.45, 2.75) is 31.8 Å². The number of rotatable bonds is 3. The molecule has 1 aromatic heterocycles. The van der Waals surface area contributed by atoms with Crippen LogP contribution in [0.4, 0.5) is 0 Å². The van der Waals surface area contributed by atoms with Crippen LogP contribution in [0.15, 0.2) is 30.5 Å². The zero-order chi connectivity index (χ0) is 12.0. The van der Waals surface area contributed by atoms with Gasteiger partial charge in [-0.25, -0.2) is 0 Å². The molecule has 2 aromatic rings. The number of para-hydroxylation sites is 1. The molecule has 2 heteroatoms. The molecule has 0 unspecified atom stereocenters. The Morgan fingerprint density at radius 3 is 2.65 bits per heavy atom. The standard InChI is InChI=1S/C15H20N2/c1-12-5-4-6-13-7-10-17(14(12)13)11-15(8-9-15)16(2)3/h4-7,10H,8-9,11H2,1-3H3. The molecule has 17 heavy (non-hydrogen) atoms. The first-order valence-corrected chi connectivity index (χ1v) is 6.34. The summed E-state index contributed by atoms with van der Waals surface area (Å²) in [6.45, 7) is 3.32. The van der Waals surface area contributed by atoms with Crippen LogP contribution in [0.1, 0.15) is 18.4 Å². The molecule has 0 bridgehead atoms. The molecule has 0 atom stereocenters. The third kappa shape index (κ3) is 1.67. The lowest BCUT2D eigenvalue weighted by atomic mass is 10.1. The highest BCUT2D eigenvalue weighted by molar-refractivity contribution is 5.83. The van der Waals surface area contributed by atoms with Crippen LogP contribution in [0.3, 0.4) is 0 Å². The van der Waals surface area contributed by atoms with Crippen LogP contribution >= 0.6 is 0 Å². The van der Waals surface area contributed by atoms with Crippen molar-refractivity contribution in [1.82, 2.24) is 9.47 Å². The number of hydrogen-bond donors (Lipinski definition) is 0. The van der Waals surface area contributed by atoms with Crippen molar-refractivity contribution < 1.29 is 0 Å². The van der Waals surface area contributed by atoms with Crippen LogP contribution in [-0.4, -0.2) is 29.1 Å². The molecule has 0 radical (unpaired) electrons. The van der Waals surface area contributed by atoms with Gasteiger partial charge in [0.05, 0.1) is 5.52 Å². The summed E-state index contributed by atoms with van der Waals surface area (Å²) in [5.41, 5.74) is 3.19. The van der Waals surface area contributed by atoms with Gasteiger partial charge in [0.1, 0.15) is 0 Å². The SMILES string of the molecule is Cc1cccc2ccn(CC3(N(C)C)CC3)c12.